The number of para-hydroxylation sites is 1. The predicted molar refractivity (Wildman–Crippen MR) is 74.8 cm³/mol. The molecule has 2 heterocycles. The van der Waals surface area contributed by atoms with E-state index < -0.39 is 18.1 Å². The van der Waals surface area contributed by atoms with Crippen LogP contribution in [0.5, 0.6) is 5.75 Å². The minimum absolute atomic E-state index is 0.129. The van der Waals surface area contributed by atoms with Crippen LogP contribution in [0, 0.1) is 0 Å². The molecule has 2 aliphatic heterocycles. The SMILES string of the molecule is CC1SCC(C(=O)O)N1C(=O)C1Cc2ccccc2O1. The van der Waals surface area contributed by atoms with E-state index in [4.69, 9.17) is 4.74 Å². The van der Waals surface area contributed by atoms with E-state index in [1.165, 1.54) is 16.7 Å². The van der Waals surface area contributed by atoms with Gasteiger partial charge in [0, 0.05) is 12.2 Å². The van der Waals surface area contributed by atoms with Crippen LogP contribution >= 0.6 is 11.8 Å². The van der Waals surface area contributed by atoms with E-state index in [2.05, 4.69) is 0 Å². The lowest BCUT2D eigenvalue weighted by Gasteiger charge is -2.27. The van der Waals surface area contributed by atoms with Gasteiger partial charge in [0.25, 0.3) is 5.91 Å². The zero-order chi connectivity index (χ0) is 14.3. The lowest BCUT2D eigenvalue weighted by Crippen LogP contribution is -2.50. The molecule has 0 saturated carbocycles. The highest BCUT2D eigenvalue weighted by Crippen LogP contribution is 2.33. The molecule has 6 heteroatoms. The standard InChI is InChI=1S/C14H15NO4S/c1-8-15(10(7-20-8)14(17)18)13(16)12-6-9-4-2-3-5-11(9)19-12/h2-5,8,10,12H,6-7H2,1H3,(H,17,18). The zero-order valence-corrected chi connectivity index (χ0v) is 11.8. The van der Waals surface area contributed by atoms with E-state index in [0.717, 1.165) is 11.3 Å². The molecule has 3 unspecified atom stereocenters. The van der Waals surface area contributed by atoms with Gasteiger partial charge in [-0.1, -0.05) is 18.2 Å². The fourth-order valence-electron chi connectivity index (χ4n) is 2.65. The largest absolute Gasteiger partial charge is 0.480 e. The first-order valence-electron chi connectivity index (χ1n) is 6.49. The highest BCUT2D eigenvalue weighted by molar-refractivity contribution is 8.00. The molecule has 3 rings (SSSR count). The van der Waals surface area contributed by atoms with Gasteiger partial charge in [0.1, 0.15) is 11.8 Å². The summed E-state index contributed by atoms with van der Waals surface area (Å²) in [6.07, 6.45) is -0.0923. The molecular formula is C14H15NO4S. The summed E-state index contributed by atoms with van der Waals surface area (Å²) in [6, 6.07) is 6.78. The topological polar surface area (TPSA) is 66.8 Å². The summed E-state index contributed by atoms with van der Waals surface area (Å²) in [5.41, 5.74) is 0.997. The van der Waals surface area contributed by atoms with E-state index in [0.29, 0.717) is 12.2 Å². The summed E-state index contributed by atoms with van der Waals surface area (Å²) in [5, 5.41) is 9.09. The minimum Gasteiger partial charge on any atom is -0.480 e. The Morgan fingerprint density at radius 3 is 2.85 bits per heavy atom. The second kappa shape index (κ2) is 5.01. The number of benzene rings is 1. The summed E-state index contributed by atoms with van der Waals surface area (Å²) in [5.74, 6) is -0.0314. The Morgan fingerprint density at radius 2 is 2.15 bits per heavy atom. The second-order valence-corrected chi connectivity index (χ2v) is 6.30. The van der Waals surface area contributed by atoms with Gasteiger partial charge >= 0.3 is 5.97 Å². The number of thioether (sulfide) groups is 1. The first-order chi connectivity index (χ1) is 9.58. The van der Waals surface area contributed by atoms with Crippen molar-refractivity contribution < 1.29 is 19.4 Å². The Kier molecular flexibility index (Phi) is 3.33. The highest BCUT2D eigenvalue weighted by Gasteiger charge is 2.43. The number of amides is 1. The van der Waals surface area contributed by atoms with Crippen LogP contribution in [-0.2, 0) is 16.0 Å². The monoisotopic (exact) mass is 293 g/mol. The number of carboxylic acid groups (broad SMARTS) is 1. The van der Waals surface area contributed by atoms with Crippen molar-refractivity contribution in [2.75, 3.05) is 5.75 Å². The zero-order valence-electron chi connectivity index (χ0n) is 11.0. The van der Waals surface area contributed by atoms with Crippen LogP contribution < -0.4 is 4.74 Å². The first kappa shape index (κ1) is 13.3. The van der Waals surface area contributed by atoms with Crippen LogP contribution in [0.1, 0.15) is 12.5 Å². The summed E-state index contributed by atoms with van der Waals surface area (Å²) in [7, 11) is 0. The number of fused-ring (bicyclic) bond motifs is 1. The predicted octanol–water partition coefficient (Wildman–Crippen LogP) is 1.36. The van der Waals surface area contributed by atoms with E-state index in [9.17, 15) is 14.7 Å². The van der Waals surface area contributed by atoms with Crippen LogP contribution in [0.25, 0.3) is 0 Å². The number of rotatable bonds is 2. The smallest absolute Gasteiger partial charge is 0.327 e. The molecule has 0 spiro atoms. The fourth-order valence-corrected chi connectivity index (χ4v) is 3.83. The van der Waals surface area contributed by atoms with Gasteiger partial charge in [-0.25, -0.2) is 4.79 Å². The van der Waals surface area contributed by atoms with E-state index >= 15 is 0 Å². The Hall–Kier alpha value is -1.69. The van der Waals surface area contributed by atoms with Crippen LogP contribution in [0.3, 0.4) is 0 Å². The lowest BCUT2D eigenvalue weighted by molar-refractivity contribution is -0.151. The molecule has 1 N–H and O–H groups in total. The molecule has 1 aromatic rings. The summed E-state index contributed by atoms with van der Waals surface area (Å²) >= 11 is 1.48. The fraction of sp³-hybridized carbons (Fsp3) is 0.429. The normalized spacial score (nSPS) is 28.1. The third-order valence-electron chi connectivity index (χ3n) is 3.68. The molecule has 0 bridgehead atoms. The first-order valence-corrected chi connectivity index (χ1v) is 7.54. The van der Waals surface area contributed by atoms with E-state index in [1.807, 2.05) is 31.2 Å². The molecule has 1 fully saturated rings. The Balaban J connectivity index is 1.79. The van der Waals surface area contributed by atoms with Crippen molar-refractivity contribution in [2.45, 2.75) is 30.9 Å². The van der Waals surface area contributed by atoms with Gasteiger partial charge < -0.3 is 14.7 Å². The minimum atomic E-state index is -0.953. The second-order valence-electron chi connectivity index (χ2n) is 4.95. The molecular weight excluding hydrogens is 278 g/mol. The van der Waals surface area contributed by atoms with Crippen molar-refractivity contribution in [1.82, 2.24) is 4.90 Å². The summed E-state index contributed by atoms with van der Waals surface area (Å²) in [6.45, 7) is 1.85. The number of ether oxygens (including phenoxy) is 1. The van der Waals surface area contributed by atoms with Crippen LogP contribution in [0.2, 0.25) is 0 Å². The number of carbonyl (C=O) groups excluding carboxylic acids is 1. The number of hydrogen-bond acceptors (Lipinski definition) is 4. The van der Waals surface area contributed by atoms with Crippen molar-refractivity contribution >= 4 is 23.6 Å². The Morgan fingerprint density at radius 1 is 1.40 bits per heavy atom. The maximum absolute atomic E-state index is 12.6. The van der Waals surface area contributed by atoms with Crippen LogP contribution in [-0.4, -0.2) is 45.2 Å². The van der Waals surface area contributed by atoms with Gasteiger partial charge in [0.05, 0.1) is 5.37 Å². The molecule has 0 aromatic heterocycles. The Bertz CT molecular complexity index is 537. The third-order valence-corrected chi connectivity index (χ3v) is 4.90. The number of nitrogens with zero attached hydrogens (tertiary/aromatic N) is 1. The van der Waals surface area contributed by atoms with Crippen molar-refractivity contribution in [3.05, 3.63) is 29.8 Å². The number of hydrogen-bond donors (Lipinski definition) is 1. The number of carbonyl (C=O) groups is 2. The molecule has 1 saturated heterocycles. The van der Waals surface area contributed by atoms with Gasteiger partial charge in [-0.3, -0.25) is 4.79 Å². The maximum atomic E-state index is 12.6. The third kappa shape index (κ3) is 2.14. The average molecular weight is 293 g/mol. The molecule has 0 aliphatic carbocycles. The van der Waals surface area contributed by atoms with Gasteiger partial charge in [-0.15, -0.1) is 11.8 Å². The van der Waals surface area contributed by atoms with Gasteiger partial charge in [-0.05, 0) is 18.6 Å². The average Bonchev–Trinajstić information content (AvgIpc) is 3.01. The van der Waals surface area contributed by atoms with Gasteiger partial charge in [0.2, 0.25) is 0 Å². The van der Waals surface area contributed by atoms with Gasteiger partial charge in [0.15, 0.2) is 6.10 Å². The van der Waals surface area contributed by atoms with Crippen molar-refractivity contribution in [3.63, 3.8) is 0 Å². The molecule has 1 aromatic carbocycles. The molecule has 5 nitrogen and oxygen atoms in total. The Labute approximate surface area is 120 Å². The quantitative estimate of drug-likeness (QED) is 0.892. The van der Waals surface area contributed by atoms with Gasteiger partial charge in [-0.2, -0.15) is 0 Å². The van der Waals surface area contributed by atoms with Crippen molar-refractivity contribution in [1.29, 1.82) is 0 Å². The van der Waals surface area contributed by atoms with E-state index in [1.54, 1.807) is 0 Å². The molecule has 3 atom stereocenters. The lowest BCUT2D eigenvalue weighted by atomic mass is 10.1. The maximum Gasteiger partial charge on any atom is 0.327 e. The van der Waals surface area contributed by atoms with Crippen molar-refractivity contribution in [2.24, 2.45) is 0 Å². The number of carboxylic acids is 1. The van der Waals surface area contributed by atoms with Crippen molar-refractivity contribution in [3.8, 4) is 5.75 Å². The molecule has 20 heavy (non-hydrogen) atoms. The molecule has 0 radical (unpaired) electrons. The highest BCUT2D eigenvalue weighted by atomic mass is 32.2. The molecule has 1 amide bonds. The molecule has 2 aliphatic rings. The van der Waals surface area contributed by atoms with Crippen LogP contribution in [0.15, 0.2) is 24.3 Å². The molecule has 106 valence electrons. The number of aliphatic carboxylic acids is 1. The van der Waals surface area contributed by atoms with Crippen LogP contribution in [0.4, 0.5) is 0 Å². The summed E-state index contributed by atoms with van der Waals surface area (Å²) < 4.78 is 5.66. The summed E-state index contributed by atoms with van der Waals surface area (Å²) in [4.78, 5) is 25.3. The van der Waals surface area contributed by atoms with E-state index in [-0.39, 0.29) is 11.3 Å².